The van der Waals surface area contributed by atoms with E-state index in [-0.39, 0.29) is 34.5 Å². The van der Waals surface area contributed by atoms with E-state index in [1.165, 1.54) is 36.1 Å². The molecular formula is C28H27ClF5N9O3. The largest absolute Gasteiger partial charge is 0.467 e. The van der Waals surface area contributed by atoms with E-state index in [4.69, 9.17) is 21.1 Å². The van der Waals surface area contributed by atoms with Crippen molar-refractivity contribution < 1.29 is 36.2 Å². The van der Waals surface area contributed by atoms with Gasteiger partial charge in [0.2, 0.25) is 5.95 Å². The zero-order valence-corrected chi connectivity index (χ0v) is 25.1. The first-order valence-electron chi connectivity index (χ1n) is 13.9. The molecule has 1 saturated carbocycles. The topological polar surface area (TPSA) is 133 Å². The Morgan fingerprint density at radius 2 is 1.74 bits per heavy atom. The van der Waals surface area contributed by atoms with Gasteiger partial charge in [0, 0.05) is 61.2 Å². The maximum atomic E-state index is 13.7. The van der Waals surface area contributed by atoms with Crippen molar-refractivity contribution in [3.63, 3.8) is 0 Å². The van der Waals surface area contributed by atoms with E-state index in [1.54, 1.807) is 24.5 Å². The zero-order valence-electron chi connectivity index (χ0n) is 24.4. The predicted octanol–water partition coefficient (Wildman–Crippen LogP) is 6.04. The molecule has 12 nitrogen and oxygen atoms in total. The highest BCUT2D eigenvalue weighted by Gasteiger charge is 2.37. The number of rotatable bonds is 9. The SMILES string of the molecule is COc1ncc(-c2ccc(N(C(=O)OCC(F)F)[C@H]3CC[C@H](Nc4ncc(C(F)(F)F)c(-c5nn(C)cc5Cl)n4)CC3)nc2)cn1. The number of carbonyl (C=O) groups excluding carboxylic acids is 1. The Labute approximate surface area is 264 Å². The number of anilines is 2. The fourth-order valence-electron chi connectivity index (χ4n) is 5.02. The van der Waals surface area contributed by atoms with Gasteiger partial charge < -0.3 is 14.8 Å². The zero-order chi connectivity index (χ0) is 33.0. The Hall–Kier alpha value is -4.67. The lowest BCUT2D eigenvalue weighted by Gasteiger charge is -2.36. The molecule has 244 valence electrons. The lowest BCUT2D eigenvalue weighted by atomic mass is 9.90. The first-order valence-corrected chi connectivity index (χ1v) is 14.3. The number of ether oxygens (including phenoxy) is 2. The van der Waals surface area contributed by atoms with Crippen molar-refractivity contribution in [1.29, 1.82) is 0 Å². The van der Waals surface area contributed by atoms with Crippen molar-refractivity contribution in [3.05, 3.63) is 53.7 Å². The molecule has 0 aliphatic heterocycles. The van der Waals surface area contributed by atoms with E-state index in [1.807, 2.05) is 0 Å². The van der Waals surface area contributed by atoms with Crippen molar-refractivity contribution in [1.82, 2.24) is 34.7 Å². The summed E-state index contributed by atoms with van der Waals surface area (Å²) in [6.07, 6.45) is -0.315. The van der Waals surface area contributed by atoms with Crippen LogP contribution in [0, 0.1) is 0 Å². The number of amides is 1. The number of aryl methyl sites for hydroxylation is 1. The van der Waals surface area contributed by atoms with Crippen LogP contribution in [0.25, 0.3) is 22.5 Å². The molecule has 1 fully saturated rings. The van der Waals surface area contributed by atoms with Crippen LogP contribution < -0.4 is 15.0 Å². The van der Waals surface area contributed by atoms with Gasteiger partial charge in [-0.05, 0) is 37.8 Å². The molecule has 4 aromatic heterocycles. The second kappa shape index (κ2) is 13.8. The van der Waals surface area contributed by atoms with E-state index < -0.39 is 42.6 Å². The molecule has 0 bridgehead atoms. The van der Waals surface area contributed by atoms with Gasteiger partial charge >= 0.3 is 18.3 Å². The summed E-state index contributed by atoms with van der Waals surface area (Å²) in [7, 11) is 2.96. The van der Waals surface area contributed by atoms with Crippen LogP contribution in [-0.2, 0) is 18.0 Å². The number of aromatic nitrogens is 7. The molecule has 0 radical (unpaired) electrons. The molecule has 4 aromatic rings. The quantitative estimate of drug-likeness (QED) is 0.211. The maximum absolute atomic E-state index is 13.7. The van der Waals surface area contributed by atoms with Gasteiger partial charge in [-0.25, -0.2) is 38.5 Å². The molecule has 0 atom stereocenters. The van der Waals surface area contributed by atoms with Crippen LogP contribution in [0.5, 0.6) is 6.01 Å². The molecule has 1 aliphatic rings. The molecule has 1 amide bonds. The molecule has 46 heavy (non-hydrogen) atoms. The van der Waals surface area contributed by atoms with Crippen LogP contribution >= 0.6 is 11.6 Å². The molecule has 0 saturated heterocycles. The second-order valence-corrected chi connectivity index (χ2v) is 10.7. The van der Waals surface area contributed by atoms with Gasteiger partial charge in [0.05, 0.1) is 12.1 Å². The number of carbonyl (C=O) groups is 1. The molecule has 1 N–H and O–H groups in total. The Morgan fingerprint density at radius 1 is 1.04 bits per heavy atom. The summed E-state index contributed by atoms with van der Waals surface area (Å²) in [5, 5.41) is 7.08. The molecule has 5 rings (SSSR count). The van der Waals surface area contributed by atoms with Gasteiger partial charge in [0.1, 0.15) is 22.8 Å². The van der Waals surface area contributed by atoms with Gasteiger partial charge in [0.25, 0.3) is 6.43 Å². The number of nitrogens with zero attached hydrogens (tertiary/aromatic N) is 8. The van der Waals surface area contributed by atoms with Gasteiger partial charge in [0.15, 0.2) is 6.61 Å². The number of halogens is 6. The van der Waals surface area contributed by atoms with E-state index in [2.05, 4.69) is 35.3 Å². The minimum absolute atomic E-state index is 0.00375. The van der Waals surface area contributed by atoms with E-state index in [0.29, 0.717) is 43.0 Å². The fraction of sp³-hybridized carbons (Fsp3) is 0.393. The molecule has 0 spiro atoms. The molecule has 0 unspecified atom stereocenters. The minimum atomic E-state index is -4.75. The Kier molecular flexibility index (Phi) is 9.79. The lowest BCUT2D eigenvalue weighted by Crippen LogP contribution is -2.45. The summed E-state index contributed by atoms with van der Waals surface area (Å²) in [5.41, 5.74) is -0.409. The number of methoxy groups -OCH3 is 1. The first kappa shape index (κ1) is 32.7. The summed E-state index contributed by atoms with van der Waals surface area (Å²) in [5.74, 6) is 0.137. The average molecular weight is 668 g/mol. The van der Waals surface area contributed by atoms with Crippen molar-refractivity contribution in [2.45, 2.75) is 50.4 Å². The molecule has 18 heteroatoms. The van der Waals surface area contributed by atoms with Crippen molar-refractivity contribution >= 4 is 29.5 Å². The second-order valence-electron chi connectivity index (χ2n) is 10.3. The number of alkyl halides is 5. The van der Waals surface area contributed by atoms with Crippen LogP contribution in [0.3, 0.4) is 0 Å². The van der Waals surface area contributed by atoms with E-state index in [9.17, 15) is 26.7 Å². The summed E-state index contributed by atoms with van der Waals surface area (Å²) in [6.45, 7) is -1.08. The summed E-state index contributed by atoms with van der Waals surface area (Å²) >= 11 is 6.13. The first-order chi connectivity index (χ1) is 21.9. The highest BCUT2D eigenvalue weighted by Crippen LogP contribution is 2.38. The minimum Gasteiger partial charge on any atom is -0.467 e. The standard InChI is InChI=1S/C28H27ClF5N9O3/c1-42-13-20(29)24(41-42)23-19(28(32,33)34)12-36-25(40-23)39-17-4-6-18(7-5-17)43(27(44)46-14-21(30)31)22-8-3-15(9-35-22)16-10-37-26(45-2)38-11-16/h3,8-13,17-18,21H,4-7,14H2,1-2H3,(H,36,39,40)/t17-,18-. The van der Waals surface area contributed by atoms with Crippen molar-refractivity contribution in [3.8, 4) is 28.5 Å². The number of hydrogen-bond acceptors (Lipinski definition) is 10. The van der Waals surface area contributed by atoms with Crippen LogP contribution in [0.2, 0.25) is 5.02 Å². The van der Waals surface area contributed by atoms with E-state index >= 15 is 0 Å². The Bertz CT molecular complexity index is 1650. The molecular weight excluding hydrogens is 641 g/mol. The fourth-order valence-corrected chi connectivity index (χ4v) is 5.29. The smallest absolute Gasteiger partial charge is 0.420 e. The third-order valence-corrected chi connectivity index (χ3v) is 7.44. The molecule has 1 aliphatic carbocycles. The third kappa shape index (κ3) is 7.58. The lowest BCUT2D eigenvalue weighted by molar-refractivity contribution is -0.137. The predicted molar refractivity (Wildman–Crippen MR) is 156 cm³/mol. The molecule has 4 heterocycles. The maximum Gasteiger partial charge on any atom is 0.420 e. The third-order valence-electron chi connectivity index (χ3n) is 7.17. The monoisotopic (exact) mass is 667 g/mol. The molecule has 0 aromatic carbocycles. The van der Waals surface area contributed by atoms with Crippen molar-refractivity contribution in [2.75, 3.05) is 23.9 Å². The summed E-state index contributed by atoms with van der Waals surface area (Å²) < 4.78 is 78.1. The van der Waals surface area contributed by atoms with Crippen LogP contribution in [0.15, 0.2) is 43.1 Å². The summed E-state index contributed by atoms with van der Waals surface area (Å²) in [6, 6.07) is 2.69. The van der Waals surface area contributed by atoms with Gasteiger partial charge in [-0.1, -0.05) is 11.6 Å². The summed E-state index contributed by atoms with van der Waals surface area (Å²) in [4.78, 5) is 34.7. The van der Waals surface area contributed by atoms with Crippen molar-refractivity contribution in [2.24, 2.45) is 7.05 Å². The highest BCUT2D eigenvalue weighted by molar-refractivity contribution is 6.32. The Morgan fingerprint density at radius 3 is 2.30 bits per heavy atom. The van der Waals surface area contributed by atoms with Gasteiger partial charge in [-0.15, -0.1) is 0 Å². The highest BCUT2D eigenvalue weighted by atomic mass is 35.5. The van der Waals surface area contributed by atoms with Crippen LogP contribution in [0.1, 0.15) is 31.2 Å². The number of nitrogens with one attached hydrogen (secondary N) is 1. The van der Waals surface area contributed by atoms with Crippen LogP contribution in [-0.4, -0.2) is 73.0 Å². The Balaban J connectivity index is 1.32. The van der Waals surface area contributed by atoms with Gasteiger partial charge in [-0.2, -0.15) is 18.3 Å². The van der Waals surface area contributed by atoms with E-state index in [0.717, 1.165) is 0 Å². The van der Waals surface area contributed by atoms with Crippen LogP contribution in [0.4, 0.5) is 38.5 Å². The van der Waals surface area contributed by atoms with Gasteiger partial charge in [-0.3, -0.25) is 9.58 Å². The number of pyridine rings is 1. The normalized spacial score (nSPS) is 16.7. The number of hydrogen-bond donors (Lipinski definition) is 1. The average Bonchev–Trinajstić information content (AvgIpc) is 3.38.